The van der Waals surface area contributed by atoms with Crippen LogP contribution in [0.2, 0.25) is 0 Å². The van der Waals surface area contributed by atoms with Crippen molar-refractivity contribution in [3.05, 3.63) is 84.4 Å². The van der Waals surface area contributed by atoms with Gasteiger partial charge < -0.3 is 14.8 Å². The summed E-state index contributed by atoms with van der Waals surface area (Å²) in [6.07, 6.45) is 1.06. The third kappa shape index (κ3) is 6.98. The Morgan fingerprint density at radius 1 is 0.939 bits per heavy atom. The summed E-state index contributed by atoms with van der Waals surface area (Å²) < 4.78 is 37.8. The highest BCUT2D eigenvalue weighted by atomic mass is 32.2. The summed E-state index contributed by atoms with van der Waals surface area (Å²) in [5.41, 5.74) is 1.28. The Labute approximate surface area is 195 Å². The van der Waals surface area contributed by atoms with Crippen LogP contribution in [0.3, 0.4) is 0 Å². The lowest BCUT2D eigenvalue weighted by Crippen LogP contribution is -2.45. The highest BCUT2D eigenvalue weighted by Gasteiger charge is 2.25. The van der Waals surface area contributed by atoms with Gasteiger partial charge in [0.05, 0.1) is 18.0 Å². The number of amides is 1. The van der Waals surface area contributed by atoms with Gasteiger partial charge in [0.15, 0.2) is 5.75 Å². The maximum Gasteiger partial charge on any atom is 0.241 e. The highest BCUT2D eigenvalue weighted by molar-refractivity contribution is 7.92. The first-order valence-electron chi connectivity index (χ1n) is 10.5. The average Bonchev–Trinajstić information content (AvgIpc) is 2.77. The molecule has 0 radical (unpaired) electrons. The van der Waals surface area contributed by atoms with E-state index in [1.807, 2.05) is 49.4 Å². The molecule has 0 fully saturated rings. The van der Waals surface area contributed by atoms with Gasteiger partial charge in [-0.1, -0.05) is 48.5 Å². The first kappa shape index (κ1) is 24.1. The summed E-state index contributed by atoms with van der Waals surface area (Å²) in [4.78, 5) is 12.7. The van der Waals surface area contributed by atoms with Gasteiger partial charge in [-0.15, -0.1) is 0 Å². The van der Waals surface area contributed by atoms with E-state index in [0.717, 1.165) is 21.9 Å². The molecule has 1 amide bonds. The molecule has 0 saturated heterocycles. The predicted octanol–water partition coefficient (Wildman–Crippen LogP) is 4.14. The lowest BCUT2D eigenvalue weighted by Gasteiger charge is -2.25. The van der Waals surface area contributed by atoms with Crippen molar-refractivity contribution in [1.29, 1.82) is 0 Å². The Hall–Kier alpha value is -3.52. The number of sulfonamides is 1. The molecule has 1 unspecified atom stereocenters. The molecule has 0 heterocycles. The number of benzene rings is 3. The molecule has 3 aromatic carbocycles. The number of ether oxygens (including phenoxy) is 2. The number of nitrogens with zero attached hydrogens (tertiary/aromatic N) is 1. The third-order valence-electron chi connectivity index (χ3n) is 4.78. The number of rotatable bonds is 10. The number of hydrogen-bond donors (Lipinski definition) is 1. The van der Waals surface area contributed by atoms with Gasteiger partial charge in [0, 0.05) is 0 Å². The average molecular weight is 469 g/mol. The molecule has 7 nitrogen and oxygen atoms in total. The fourth-order valence-corrected chi connectivity index (χ4v) is 4.03. The Morgan fingerprint density at radius 3 is 2.21 bits per heavy atom. The minimum Gasteiger partial charge on any atom is -0.491 e. The van der Waals surface area contributed by atoms with Crippen molar-refractivity contribution in [1.82, 2.24) is 5.32 Å². The standard InChI is InChI=1S/C25H28N2O5S/c1-19-11-7-9-15-23(19)31-18-20(2)26-25(28)17-27(33(3,29)30)22-14-8-10-16-24(22)32-21-12-5-4-6-13-21/h4-16,20H,17-18H2,1-3H3,(H,26,28). The number of aryl methyl sites for hydroxylation is 1. The highest BCUT2D eigenvalue weighted by Crippen LogP contribution is 2.33. The topological polar surface area (TPSA) is 84.9 Å². The fraction of sp³-hybridized carbons (Fsp3) is 0.240. The molecule has 174 valence electrons. The van der Waals surface area contributed by atoms with E-state index >= 15 is 0 Å². The summed E-state index contributed by atoms with van der Waals surface area (Å²) >= 11 is 0. The van der Waals surface area contributed by atoms with Gasteiger partial charge in [-0.3, -0.25) is 9.10 Å². The van der Waals surface area contributed by atoms with Crippen molar-refractivity contribution in [2.45, 2.75) is 19.9 Å². The fourth-order valence-electron chi connectivity index (χ4n) is 3.17. The summed E-state index contributed by atoms with van der Waals surface area (Å²) in [6.45, 7) is 3.61. The van der Waals surface area contributed by atoms with Crippen molar-refractivity contribution in [3.63, 3.8) is 0 Å². The summed E-state index contributed by atoms with van der Waals surface area (Å²) in [5, 5.41) is 2.80. The van der Waals surface area contributed by atoms with Crippen LogP contribution >= 0.6 is 0 Å². The van der Waals surface area contributed by atoms with E-state index in [-0.39, 0.29) is 24.9 Å². The van der Waals surface area contributed by atoms with Crippen LogP contribution in [0.25, 0.3) is 0 Å². The van der Waals surface area contributed by atoms with Crippen LogP contribution in [0.15, 0.2) is 78.9 Å². The van der Waals surface area contributed by atoms with Crippen molar-refractivity contribution >= 4 is 21.6 Å². The molecule has 8 heteroatoms. The van der Waals surface area contributed by atoms with Gasteiger partial charge in [-0.25, -0.2) is 8.42 Å². The van der Waals surface area contributed by atoms with Crippen LogP contribution in [0.4, 0.5) is 5.69 Å². The molecule has 0 saturated carbocycles. The van der Waals surface area contributed by atoms with Gasteiger partial charge >= 0.3 is 0 Å². The van der Waals surface area contributed by atoms with E-state index in [2.05, 4.69) is 5.32 Å². The molecular weight excluding hydrogens is 440 g/mol. The second-order valence-electron chi connectivity index (χ2n) is 7.70. The SMILES string of the molecule is Cc1ccccc1OCC(C)NC(=O)CN(c1ccccc1Oc1ccccc1)S(C)(=O)=O. The van der Waals surface area contributed by atoms with Crippen LogP contribution in [0, 0.1) is 6.92 Å². The Bertz CT molecular complexity index is 1180. The molecule has 0 aliphatic carbocycles. The van der Waals surface area contributed by atoms with Crippen LogP contribution in [-0.2, 0) is 14.8 Å². The monoisotopic (exact) mass is 468 g/mol. The van der Waals surface area contributed by atoms with E-state index in [0.29, 0.717) is 11.5 Å². The molecular formula is C25H28N2O5S. The van der Waals surface area contributed by atoms with Gasteiger partial charge in [-0.2, -0.15) is 0 Å². The minimum absolute atomic E-state index is 0.253. The molecule has 1 N–H and O–H groups in total. The molecule has 0 aliphatic rings. The Morgan fingerprint density at radius 2 is 1.55 bits per heavy atom. The minimum atomic E-state index is -3.76. The number of carbonyl (C=O) groups excluding carboxylic acids is 1. The number of nitrogens with one attached hydrogen (secondary N) is 1. The van der Waals surface area contributed by atoms with Crippen LogP contribution in [-0.4, -0.2) is 39.8 Å². The lowest BCUT2D eigenvalue weighted by molar-refractivity contribution is -0.120. The van der Waals surface area contributed by atoms with E-state index in [4.69, 9.17) is 9.47 Å². The predicted molar refractivity (Wildman–Crippen MR) is 129 cm³/mol. The number of hydrogen-bond acceptors (Lipinski definition) is 5. The van der Waals surface area contributed by atoms with Gasteiger partial charge in [-0.05, 0) is 49.7 Å². The molecule has 0 bridgehead atoms. The quantitative estimate of drug-likeness (QED) is 0.484. The van der Waals surface area contributed by atoms with E-state index in [1.54, 1.807) is 43.3 Å². The second kappa shape index (κ2) is 10.9. The summed E-state index contributed by atoms with van der Waals surface area (Å²) in [6, 6.07) is 23.0. The van der Waals surface area contributed by atoms with Crippen LogP contribution < -0.4 is 19.1 Å². The van der Waals surface area contributed by atoms with E-state index in [1.165, 1.54) is 0 Å². The van der Waals surface area contributed by atoms with Crippen LogP contribution in [0.1, 0.15) is 12.5 Å². The largest absolute Gasteiger partial charge is 0.491 e. The zero-order valence-electron chi connectivity index (χ0n) is 18.9. The lowest BCUT2D eigenvalue weighted by atomic mass is 10.2. The maximum atomic E-state index is 12.7. The molecule has 33 heavy (non-hydrogen) atoms. The van der Waals surface area contributed by atoms with Crippen LogP contribution in [0.5, 0.6) is 17.2 Å². The first-order valence-corrected chi connectivity index (χ1v) is 12.4. The normalized spacial score (nSPS) is 12.0. The molecule has 0 aliphatic heterocycles. The number of carbonyl (C=O) groups is 1. The third-order valence-corrected chi connectivity index (χ3v) is 5.91. The Kier molecular flexibility index (Phi) is 7.95. The molecule has 3 rings (SSSR count). The zero-order valence-corrected chi connectivity index (χ0v) is 19.7. The van der Waals surface area contributed by atoms with Crippen molar-refractivity contribution in [2.75, 3.05) is 23.7 Å². The van der Waals surface area contributed by atoms with Gasteiger partial charge in [0.25, 0.3) is 0 Å². The smallest absolute Gasteiger partial charge is 0.241 e. The number of anilines is 1. The first-order chi connectivity index (χ1) is 15.7. The van der Waals surface area contributed by atoms with Crippen molar-refractivity contribution in [2.24, 2.45) is 0 Å². The van der Waals surface area contributed by atoms with Crippen molar-refractivity contribution < 1.29 is 22.7 Å². The summed E-state index contributed by atoms with van der Waals surface area (Å²) in [7, 11) is -3.76. The second-order valence-corrected chi connectivity index (χ2v) is 9.60. The molecule has 0 spiro atoms. The van der Waals surface area contributed by atoms with E-state index in [9.17, 15) is 13.2 Å². The zero-order chi connectivity index (χ0) is 23.8. The van der Waals surface area contributed by atoms with E-state index < -0.39 is 15.9 Å². The van der Waals surface area contributed by atoms with Gasteiger partial charge in [0.2, 0.25) is 15.9 Å². The molecule has 0 aromatic heterocycles. The summed E-state index contributed by atoms with van der Waals surface area (Å²) in [5.74, 6) is 1.18. The molecule has 3 aromatic rings. The number of para-hydroxylation sites is 4. The maximum absolute atomic E-state index is 12.7. The van der Waals surface area contributed by atoms with Gasteiger partial charge in [0.1, 0.15) is 24.7 Å². The van der Waals surface area contributed by atoms with Crippen molar-refractivity contribution in [3.8, 4) is 17.2 Å². The Balaban J connectivity index is 1.70. The molecule has 1 atom stereocenters.